The average Bonchev–Trinajstić information content (AvgIpc) is 3.30. The van der Waals surface area contributed by atoms with Crippen molar-refractivity contribution in [1.82, 2.24) is 29.6 Å². The maximum atomic E-state index is 12.4. The minimum atomic E-state index is -0.250. The Morgan fingerprint density at radius 1 is 1.29 bits per heavy atom. The predicted octanol–water partition coefficient (Wildman–Crippen LogP) is -0.459. The topological polar surface area (TPSA) is 160 Å². The van der Waals surface area contributed by atoms with Crippen molar-refractivity contribution in [3.63, 3.8) is 0 Å². The first-order valence-corrected chi connectivity index (χ1v) is 9.06. The largest absolute Gasteiger partial charge is 0.483 e. The number of fused-ring (bicyclic) bond motifs is 2. The first-order chi connectivity index (χ1) is 13.5. The molecule has 0 atom stereocenters. The number of anilines is 1. The number of carboxylic acid groups (broad SMARTS) is 1. The highest BCUT2D eigenvalue weighted by molar-refractivity contribution is 5.76. The lowest BCUT2D eigenvalue weighted by molar-refractivity contribution is -0.133. The highest BCUT2D eigenvalue weighted by atomic mass is 16.3. The zero-order chi connectivity index (χ0) is 20.1. The Kier molecular flexibility index (Phi) is 5.71. The summed E-state index contributed by atoms with van der Waals surface area (Å²) in [6, 6.07) is 0. The van der Waals surface area contributed by atoms with Gasteiger partial charge in [0.2, 0.25) is 11.9 Å². The average molecular weight is 389 g/mol. The maximum absolute atomic E-state index is 12.4. The van der Waals surface area contributed by atoms with Crippen LogP contribution in [0.3, 0.4) is 0 Å². The van der Waals surface area contributed by atoms with Crippen LogP contribution in [0.4, 0.5) is 5.95 Å². The van der Waals surface area contributed by atoms with E-state index in [2.05, 4.69) is 20.2 Å². The van der Waals surface area contributed by atoms with Crippen LogP contribution in [-0.2, 0) is 28.0 Å². The predicted molar refractivity (Wildman–Crippen MR) is 98.4 cm³/mol. The molecule has 4 N–H and O–H groups in total. The molecule has 4 rings (SSSR count). The molecule has 0 bridgehead atoms. The highest BCUT2D eigenvalue weighted by Gasteiger charge is 2.44. The Morgan fingerprint density at radius 3 is 2.57 bits per heavy atom. The van der Waals surface area contributed by atoms with Gasteiger partial charge in [-0.3, -0.25) is 19.4 Å². The molecule has 0 aromatic carbocycles. The smallest absolute Gasteiger partial charge is 0.290 e. The van der Waals surface area contributed by atoms with Gasteiger partial charge < -0.3 is 20.3 Å². The molecular weight excluding hydrogens is 366 g/mol. The number of hydrogen-bond acceptors (Lipinski definition) is 7. The van der Waals surface area contributed by atoms with Crippen molar-refractivity contribution in [3.8, 4) is 0 Å². The monoisotopic (exact) mass is 389 g/mol. The Hall–Kier alpha value is -3.24. The quantitative estimate of drug-likeness (QED) is 0.594. The summed E-state index contributed by atoms with van der Waals surface area (Å²) in [4.78, 5) is 41.8. The first-order valence-electron chi connectivity index (χ1n) is 9.06. The van der Waals surface area contributed by atoms with Crippen LogP contribution in [0.15, 0.2) is 17.4 Å². The SMILES string of the molecule is Nc1nc2c(c(=O)[nH]1)CCC21CCN(C(=O)CCn2cnnc2)CC1.O=CO. The Balaban J connectivity index is 0.000000706. The van der Waals surface area contributed by atoms with E-state index in [1.807, 2.05) is 4.90 Å². The molecule has 150 valence electrons. The number of amides is 1. The van der Waals surface area contributed by atoms with Gasteiger partial charge in [-0.15, -0.1) is 10.2 Å². The number of carbonyl (C=O) groups excluding carboxylic acids is 1. The number of H-pyrrole nitrogens is 1. The number of nitrogens with one attached hydrogen (secondary N) is 1. The standard InChI is InChI=1S/C16H21N7O2.CH2O2/c17-15-20-13-11(14(25)21-15)1-3-16(13)4-7-23(8-5-16)12(24)2-6-22-9-18-19-10-22;2-1-3/h9-10H,1-8H2,(H3,17,20,21,25);1H,(H,2,3). The molecule has 11 heteroatoms. The molecule has 1 saturated heterocycles. The molecule has 1 spiro atoms. The number of aryl methyl sites for hydroxylation is 1. The summed E-state index contributed by atoms with van der Waals surface area (Å²) < 4.78 is 1.80. The minimum absolute atomic E-state index is 0.108. The zero-order valence-corrected chi connectivity index (χ0v) is 15.4. The van der Waals surface area contributed by atoms with Crippen molar-refractivity contribution in [1.29, 1.82) is 0 Å². The number of carbonyl (C=O) groups is 2. The van der Waals surface area contributed by atoms with Gasteiger partial charge >= 0.3 is 0 Å². The number of piperidine rings is 1. The van der Waals surface area contributed by atoms with Gasteiger partial charge in [0.15, 0.2) is 0 Å². The lowest BCUT2D eigenvalue weighted by atomic mass is 9.76. The van der Waals surface area contributed by atoms with Gasteiger partial charge in [-0.25, -0.2) is 4.98 Å². The molecular formula is C17H23N7O4. The maximum Gasteiger partial charge on any atom is 0.290 e. The fourth-order valence-electron chi connectivity index (χ4n) is 4.06. The van der Waals surface area contributed by atoms with E-state index in [-0.39, 0.29) is 29.3 Å². The van der Waals surface area contributed by atoms with E-state index in [1.54, 1.807) is 17.2 Å². The van der Waals surface area contributed by atoms with Gasteiger partial charge in [-0.2, -0.15) is 0 Å². The number of aromatic nitrogens is 5. The third-order valence-electron chi connectivity index (χ3n) is 5.51. The van der Waals surface area contributed by atoms with Crippen LogP contribution in [0.5, 0.6) is 0 Å². The van der Waals surface area contributed by atoms with Crippen LogP contribution in [-0.4, -0.2) is 60.2 Å². The third-order valence-corrected chi connectivity index (χ3v) is 5.51. The van der Waals surface area contributed by atoms with Gasteiger partial charge in [-0.1, -0.05) is 0 Å². The van der Waals surface area contributed by atoms with E-state index < -0.39 is 0 Å². The van der Waals surface area contributed by atoms with Crippen LogP contribution >= 0.6 is 0 Å². The molecule has 1 amide bonds. The van der Waals surface area contributed by atoms with Crippen molar-refractivity contribution >= 4 is 18.3 Å². The van der Waals surface area contributed by atoms with Crippen LogP contribution in [0.2, 0.25) is 0 Å². The molecule has 1 fully saturated rings. The van der Waals surface area contributed by atoms with E-state index >= 15 is 0 Å². The summed E-state index contributed by atoms with van der Waals surface area (Å²) in [7, 11) is 0. The summed E-state index contributed by atoms with van der Waals surface area (Å²) in [6.07, 6.45) is 6.96. The lowest BCUT2D eigenvalue weighted by Gasteiger charge is -2.39. The van der Waals surface area contributed by atoms with Gasteiger partial charge in [0.05, 0.1) is 5.69 Å². The number of rotatable bonds is 3. The second-order valence-corrected chi connectivity index (χ2v) is 6.99. The van der Waals surface area contributed by atoms with Gasteiger partial charge in [0.1, 0.15) is 12.7 Å². The van der Waals surface area contributed by atoms with Crippen molar-refractivity contribution in [3.05, 3.63) is 34.3 Å². The zero-order valence-electron chi connectivity index (χ0n) is 15.4. The molecule has 1 aliphatic heterocycles. The molecule has 1 aliphatic carbocycles. The van der Waals surface area contributed by atoms with Crippen molar-refractivity contribution in [2.45, 2.75) is 44.1 Å². The first kappa shape index (κ1) is 19.5. The molecule has 2 aromatic rings. The Bertz CT molecular complexity index is 885. The van der Waals surface area contributed by atoms with Crippen LogP contribution in [0, 0.1) is 0 Å². The summed E-state index contributed by atoms with van der Waals surface area (Å²) in [5.74, 6) is 0.317. The molecule has 11 nitrogen and oxygen atoms in total. The second kappa shape index (κ2) is 8.19. The molecule has 2 aromatic heterocycles. The van der Waals surface area contributed by atoms with E-state index in [4.69, 9.17) is 15.6 Å². The van der Waals surface area contributed by atoms with Crippen molar-refractivity contribution < 1.29 is 14.7 Å². The molecule has 0 radical (unpaired) electrons. The van der Waals surface area contributed by atoms with E-state index in [1.165, 1.54) is 0 Å². The Morgan fingerprint density at radius 2 is 1.93 bits per heavy atom. The highest BCUT2D eigenvalue weighted by Crippen LogP contribution is 2.44. The molecule has 0 unspecified atom stereocenters. The van der Waals surface area contributed by atoms with Gasteiger partial charge in [-0.05, 0) is 25.7 Å². The minimum Gasteiger partial charge on any atom is -0.483 e. The van der Waals surface area contributed by atoms with Crippen LogP contribution in [0.1, 0.15) is 36.9 Å². The molecule has 28 heavy (non-hydrogen) atoms. The normalized spacial score (nSPS) is 16.9. The summed E-state index contributed by atoms with van der Waals surface area (Å²) in [6.45, 7) is 1.72. The summed E-state index contributed by atoms with van der Waals surface area (Å²) in [5, 5.41) is 14.4. The molecule has 3 heterocycles. The van der Waals surface area contributed by atoms with Crippen LogP contribution in [0.25, 0.3) is 0 Å². The van der Waals surface area contributed by atoms with E-state index in [9.17, 15) is 9.59 Å². The van der Waals surface area contributed by atoms with Crippen LogP contribution < -0.4 is 11.3 Å². The van der Waals surface area contributed by atoms with Crippen molar-refractivity contribution in [2.24, 2.45) is 0 Å². The second-order valence-electron chi connectivity index (χ2n) is 6.99. The number of nitrogens with zero attached hydrogens (tertiary/aromatic N) is 5. The van der Waals surface area contributed by atoms with Gasteiger partial charge in [0.25, 0.3) is 12.0 Å². The number of nitrogen functional groups attached to an aromatic ring is 1. The number of hydrogen-bond donors (Lipinski definition) is 3. The van der Waals surface area contributed by atoms with E-state index in [0.29, 0.717) is 26.1 Å². The number of nitrogens with two attached hydrogens (primary N) is 1. The fraction of sp³-hybridized carbons (Fsp3) is 0.529. The number of likely N-dealkylation sites (tertiary alicyclic amines) is 1. The summed E-state index contributed by atoms with van der Waals surface area (Å²) in [5.41, 5.74) is 7.13. The van der Waals surface area contributed by atoms with E-state index in [0.717, 1.165) is 36.9 Å². The summed E-state index contributed by atoms with van der Waals surface area (Å²) >= 11 is 0. The molecule has 0 saturated carbocycles. The van der Waals surface area contributed by atoms with Gasteiger partial charge in [0, 0.05) is 37.0 Å². The lowest BCUT2D eigenvalue weighted by Crippen LogP contribution is -2.45. The Labute approximate surface area is 160 Å². The third kappa shape index (κ3) is 3.87. The molecule has 2 aliphatic rings. The van der Waals surface area contributed by atoms with Crippen molar-refractivity contribution in [2.75, 3.05) is 18.8 Å². The fourth-order valence-corrected chi connectivity index (χ4v) is 4.06. The number of aromatic amines is 1.